The maximum atomic E-state index is 14.6. The normalized spacial score (nSPS) is 23.4. The highest BCUT2D eigenvalue weighted by atomic mass is 16.2. The molecule has 7 amide bonds. The van der Waals surface area contributed by atoms with Gasteiger partial charge in [-0.3, -0.25) is 39.0 Å². The number of nitrogens with two attached hydrogens (primary N) is 1. The van der Waals surface area contributed by atoms with Crippen molar-refractivity contribution < 1.29 is 33.6 Å². The van der Waals surface area contributed by atoms with Gasteiger partial charge in [-0.05, 0) is 61.6 Å². The minimum atomic E-state index is -1.22. The van der Waals surface area contributed by atoms with Crippen LogP contribution in [0.5, 0.6) is 0 Å². The Labute approximate surface area is 373 Å². The van der Waals surface area contributed by atoms with E-state index in [0.29, 0.717) is 25.7 Å². The molecule has 0 radical (unpaired) electrons. The molecular weight excluding hydrogens is 819 g/mol. The van der Waals surface area contributed by atoms with Crippen molar-refractivity contribution >= 4 is 58.2 Å². The van der Waals surface area contributed by atoms with Crippen LogP contribution >= 0.6 is 0 Å². The zero-order valence-electron chi connectivity index (χ0n) is 36.5. The van der Waals surface area contributed by atoms with Gasteiger partial charge in [0.1, 0.15) is 36.3 Å². The quantitative estimate of drug-likeness (QED) is 0.0669. The lowest BCUT2D eigenvalue weighted by atomic mass is 9.84. The average Bonchev–Trinajstić information content (AvgIpc) is 3.94. The standard InChI is InChI=1S/C46H63N11O7/c1-28(58)52-36(24-29-12-4-2-5-13-29)41(60)54-35-20-22-49-40(59)34(18-10-21-50-46(47)48)53-43(62)38(26-31-27-51-33-17-9-8-16-32(31)33)55-42(61)37(25-30-14-6-3-7-15-30)56-44(63)39-19-11-23-57(39)45(35)64/h2,4-5,8-9,12-13,16-17,27,30,34-39,51H,3,6-7,10-11,14-15,18-26H2,1H3,(H,49,59)(H,52,58)(H,53,62)(H,54,60)(H,55,61)(H,56,63)(H4,47,48,50)/t34?,35-,36-,37+,38?,39?/m0/s1. The highest BCUT2D eigenvalue weighted by Gasteiger charge is 2.41. The van der Waals surface area contributed by atoms with Gasteiger partial charge < -0.3 is 52.8 Å². The lowest BCUT2D eigenvalue weighted by Crippen LogP contribution is -2.59. The molecule has 3 unspecified atom stereocenters. The third kappa shape index (κ3) is 13.0. The van der Waals surface area contributed by atoms with E-state index in [1.807, 2.05) is 54.6 Å². The van der Waals surface area contributed by atoms with Gasteiger partial charge in [0.05, 0.1) is 0 Å². The molecular formula is C46H63N11O7. The summed E-state index contributed by atoms with van der Waals surface area (Å²) in [5.74, 6) is -3.97. The number of hydrogen-bond donors (Lipinski definition) is 10. The van der Waals surface area contributed by atoms with Crippen molar-refractivity contribution in [2.75, 3.05) is 19.6 Å². The summed E-state index contributed by atoms with van der Waals surface area (Å²) < 4.78 is 0. The van der Waals surface area contributed by atoms with Crippen LogP contribution in [-0.2, 0) is 46.4 Å². The number of rotatable bonds is 13. The summed E-state index contributed by atoms with van der Waals surface area (Å²) >= 11 is 0. The highest BCUT2D eigenvalue weighted by molar-refractivity contribution is 5.98. The first kappa shape index (κ1) is 47.0. The zero-order valence-corrected chi connectivity index (χ0v) is 36.5. The van der Waals surface area contributed by atoms with Crippen LogP contribution in [0.15, 0.2) is 60.8 Å². The minimum Gasteiger partial charge on any atom is -0.370 e. The molecule has 344 valence electrons. The van der Waals surface area contributed by atoms with Gasteiger partial charge >= 0.3 is 0 Å². The Kier molecular flexibility index (Phi) is 16.7. The molecule has 18 heteroatoms. The molecule has 6 rings (SSSR count). The van der Waals surface area contributed by atoms with Crippen molar-refractivity contribution in [3.05, 3.63) is 71.9 Å². The van der Waals surface area contributed by atoms with E-state index in [-0.39, 0.29) is 57.2 Å². The summed E-state index contributed by atoms with van der Waals surface area (Å²) in [4.78, 5) is 103. The number of H-pyrrole nitrogens is 1. The average molecular weight is 882 g/mol. The number of amides is 7. The predicted molar refractivity (Wildman–Crippen MR) is 240 cm³/mol. The van der Waals surface area contributed by atoms with Gasteiger partial charge in [0, 0.05) is 56.5 Å². The van der Waals surface area contributed by atoms with Gasteiger partial charge in [-0.25, -0.2) is 0 Å². The molecule has 18 nitrogen and oxygen atoms in total. The molecule has 0 spiro atoms. The SMILES string of the molecule is CC(=O)N[C@@H](Cc1ccccc1)C(=O)N[C@H]1CCNC(=O)C(CCCNC(=N)N)NC(=O)C(Cc2c[nH]c3ccccc23)NC(=O)[C@@H](CC2CCCCC2)NC(=O)C2CCCN2C1=O. The van der Waals surface area contributed by atoms with E-state index in [4.69, 9.17) is 11.1 Å². The van der Waals surface area contributed by atoms with Crippen LogP contribution in [0.1, 0.15) is 88.7 Å². The Hall–Kier alpha value is -6.46. The van der Waals surface area contributed by atoms with E-state index in [1.165, 1.54) is 11.8 Å². The zero-order chi connectivity index (χ0) is 45.6. The molecule has 1 saturated carbocycles. The number of nitrogens with one attached hydrogen (secondary N) is 9. The molecule has 1 aliphatic carbocycles. The molecule has 2 aliphatic heterocycles. The first-order chi connectivity index (χ1) is 30.9. The van der Waals surface area contributed by atoms with E-state index in [9.17, 15) is 33.6 Å². The van der Waals surface area contributed by atoms with Crippen LogP contribution in [0.3, 0.4) is 0 Å². The second kappa shape index (κ2) is 22.8. The minimum absolute atomic E-state index is 0.0714. The summed E-state index contributed by atoms with van der Waals surface area (Å²) in [5.41, 5.74) is 7.89. The number of benzene rings is 2. The molecule has 2 aromatic carbocycles. The van der Waals surface area contributed by atoms with Gasteiger partial charge in [0.25, 0.3) is 0 Å². The number of nitrogens with zero attached hydrogens (tertiary/aromatic N) is 1. The molecule has 3 aromatic rings. The maximum absolute atomic E-state index is 14.6. The van der Waals surface area contributed by atoms with E-state index < -0.39 is 77.6 Å². The fraction of sp³-hybridized carbons (Fsp3) is 0.522. The molecule has 3 heterocycles. The molecule has 3 aliphatic rings. The molecule has 11 N–H and O–H groups in total. The highest BCUT2D eigenvalue weighted by Crippen LogP contribution is 2.28. The van der Waals surface area contributed by atoms with Crippen LogP contribution in [0.4, 0.5) is 0 Å². The fourth-order valence-corrected chi connectivity index (χ4v) is 9.13. The number of carbonyl (C=O) groups is 7. The first-order valence-corrected chi connectivity index (χ1v) is 22.6. The van der Waals surface area contributed by atoms with Crippen molar-refractivity contribution in [1.29, 1.82) is 5.41 Å². The lowest BCUT2D eigenvalue weighted by molar-refractivity contribution is -0.142. The Morgan fingerprint density at radius 1 is 0.828 bits per heavy atom. The van der Waals surface area contributed by atoms with Gasteiger partial charge in [-0.1, -0.05) is 80.6 Å². The molecule has 64 heavy (non-hydrogen) atoms. The van der Waals surface area contributed by atoms with Crippen molar-refractivity contribution in [3.63, 3.8) is 0 Å². The number of carbonyl (C=O) groups excluding carboxylic acids is 7. The first-order valence-electron chi connectivity index (χ1n) is 22.6. The van der Waals surface area contributed by atoms with E-state index in [0.717, 1.165) is 54.1 Å². The molecule has 2 saturated heterocycles. The number of hydrogen-bond acceptors (Lipinski definition) is 8. The van der Waals surface area contributed by atoms with E-state index >= 15 is 0 Å². The van der Waals surface area contributed by atoms with Crippen molar-refractivity contribution in [2.24, 2.45) is 11.7 Å². The Morgan fingerprint density at radius 3 is 2.28 bits per heavy atom. The molecule has 0 bridgehead atoms. The maximum Gasteiger partial charge on any atom is 0.245 e. The lowest BCUT2D eigenvalue weighted by Gasteiger charge is -2.32. The summed E-state index contributed by atoms with van der Waals surface area (Å²) in [6.45, 7) is 1.65. The molecule has 6 atom stereocenters. The van der Waals surface area contributed by atoms with Crippen LogP contribution in [0, 0.1) is 11.3 Å². The number of guanidine groups is 1. The van der Waals surface area contributed by atoms with Gasteiger partial charge in [0.15, 0.2) is 5.96 Å². The monoisotopic (exact) mass is 881 g/mol. The molecule has 1 aromatic heterocycles. The second-order valence-electron chi connectivity index (χ2n) is 17.2. The Morgan fingerprint density at radius 2 is 1.53 bits per heavy atom. The number of para-hydroxylation sites is 1. The predicted octanol–water partition coefficient (Wildman–Crippen LogP) is 1.14. The van der Waals surface area contributed by atoms with Gasteiger partial charge in [-0.2, -0.15) is 0 Å². The van der Waals surface area contributed by atoms with Crippen LogP contribution in [0.25, 0.3) is 10.9 Å². The van der Waals surface area contributed by atoms with Gasteiger partial charge in [-0.15, -0.1) is 0 Å². The van der Waals surface area contributed by atoms with Crippen LogP contribution in [0.2, 0.25) is 0 Å². The van der Waals surface area contributed by atoms with E-state index in [2.05, 4.69) is 42.2 Å². The largest absolute Gasteiger partial charge is 0.370 e. The van der Waals surface area contributed by atoms with Crippen molar-refractivity contribution in [1.82, 2.24) is 47.1 Å². The van der Waals surface area contributed by atoms with Gasteiger partial charge in [0.2, 0.25) is 41.4 Å². The van der Waals surface area contributed by atoms with E-state index in [1.54, 1.807) is 6.20 Å². The second-order valence-corrected chi connectivity index (χ2v) is 17.2. The molecule has 3 fully saturated rings. The third-order valence-corrected chi connectivity index (χ3v) is 12.4. The number of aromatic nitrogens is 1. The summed E-state index contributed by atoms with van der Waals surface area (Å²) in [6.07, 6.45) is 8.35. The number of aromatic amines is 1. The van der Waals surface area contributed by atoms with Crippen molar-refractivity contribution in [3.8, 4) is 0 Å². The number of fused-ring (bicyclic) bond motifs is 2. The Bertz CT molecular complexity index is 2140. The third-order valence-electron chi connectivity index (χ3n) is 12.4. The summed E-state index contributed by atoms with van der Waals surface area (Å²) in [6, 6.07) is 10.2. The smallest absolute Gasteiger partial charge is 0.245 e. The van der Waals surface area contributed by atoms with Crippen LogP contribution < -0.4 is 43.0 Å². The fourth-order valence-electron chi connectivity index (χ4n) is 9.13. The summed E-state index contributed by atoms with van der Waals surface area (Å²) in [7, 11) is 0. The topological polar surface area (TPSA) is 273 Å². The summed E-state index contributed by atoms with van der Waals surface area (Å²) in [5, 5.41) is 28.3. The Balaban J connectivity index is 1.33. The van der Waals surface area contributed by atoms with Crippen LogP contribution in [-0.4, -0.2) is 113 Å². The van der Waals surface area contributed by atoms with Crippen molar-refractivity contribution in [2.45, 2.75) is 127 Å².